The minimum absolute atomic E-state index is 0.151. The molecule has 0 saturated carbocycles. The first-order chi connectivity index (χ1) is 16.1. The van der Waals surface area contributed by atoms with Gasteiger partial charge in [-0.25, -0.2) is 14.4 Å². The summed E-state index contributed by atoms with van der Waals surface area (Å²) in [6, 6.07) is 6.24. The molecule has 33 heavy (non-hydrogen) atoms. The molecular weight excluding hydrogens is 435 g/mol. The molecule has 174 valence electrons. The molecule has 1 aliphatic heterocycles. The maximum atomic E-state index is 14.1. The summed E-state index contributed by atoms with van der Waals surface area (Å²) in [7, 11) is 0. The molecule has 1 amide bonds. The van der Waals surface area contributed by atoms with Gasteiger partial charge in [-0.15, -0.1) is 11.3 Å². The molecule has 2 aliphatic rings. The number of thiophene rings is 1. The largest absolute Gasteiger partial charge is 0.352 e. The summed E-state index contributed by atoms with van der Waals surface area (Å²) >= 11 is 1.85. The van der Waals surface area contributed by atoms with Crippen molar-refractivity contribution in [2.75, 3.05) is 31.1 Å². The Hall–Kier alpha value is -2.54. The smallest absolute Gasteiger partial charge is 0.256 e. The van der Waals surface area contributed by atoms with Crippen LogP contribution in [0.3, 0.4) is 0 Å². The zero-order chi connectivity index (χ0) is 22.9. The zero-order valence-corrected chi connectivity index (χ0v) is 20.3. The number of halogens is 1. The van der Waals surface area contributed by atoms with Crippen LogP contribution in [-0.2, 0) is 12.8 Å². The van der Waals surface area contributed by atoms with Crippen molar-refractivity contribution in [1.82, 2.24) is 14.9 Å². The summed E-state index contributed by atoms with van der Waals surface area (Å²) in [6.07, 6.45) is 6.98. The summed E-state index contributed by atoms with van der Waals surface area (Å²) in [4.78, 5) is 29.7. The van der Waals surface area contributed by atoms with Crippen LogP contribution in [0.25, 0.3) is 10.2 Å². The number of fused-ring (bicyclic) bond motifs is 3. The first-order valence-electron chi connectivity index (χ1n) is 12.2. The number of carbonyl (C=O) groups excluding carboxylic acids is 1. The number of hydrogen-bond acceptors (Lipinski definition) is 5. The number of aryl methyl sites for hydroxylation is 2. The molecule has 1 fully saturated rings. The molecule has 5 rings (SSSR count). The van der Waals surface area contributed by atoms with Crippen LogP contribution in [0.5, 0.6) is 0 Å². The number of aromatic nitrogens is 2. The van der Waals surface area contributed by atoms with Crippen LogP contribution in [0.15, 0.2) is 24.3 Å². The number of nitrogens with zero attached hydrogens (tertiary/aromatic N) is 4. The van der Waals surface area contributed by atoms with Crippen molar-refractivity contribution in [3.8, 4) is 0 Å². The third-order valence-corrected chi connectivity index (χ3v) is 8.27. The Morgan fingerprint density at radius 3 is 2.61 bits per heavy atom. The maximum Gasteiger partial charge on any atom is 0.256 e. The first-order valence-corrected chi connectivity index (χ1v) is 13.0. The Morgan fingerprint density at radius 2 is 1.85 bits per heavy atom. The molecule has 0 spiro atoms. The molecule has 1 atom stereocenters. The molecule has 0 N–H and O–H groups in total. The van der Waals surface area contributed by atoms with E-state index in [1.165, 1.54) is 41.2 Å². The summed E-state index contributed by atoms with van der Waals surface area (Å²) in [6.45, 7) is 6.87. The van der Waals surface area contributed by atoms with Gasteiger partial charge in [0.1, 0.15) is 22.3 Å². The van der Waals surface area contributed by atoms with Crippen molar-refractivity contribution in [2.45, 2.75) is 58.3 Å². The zero-order valence-electron chi connectivity index (χ0n) is 19.4. The fourth-order valence-electron chi connectivity index (χ4n) is 4.89. The topological polar surface area (TPSA) is 49.3 Å². The van der Waals surface area contributed by atoms with Crippen molar-refractivity contribution in [3.05, 3.63) is 51.9 Å². The van der Waals surface area contributed by atoms with Gasteiger partial charge >= 0.3 is 0 Å². The van der Waals surface area contributed by atoms with E-state index in [-0.39, 0.29) is 11.5 Å². The van der Waals surface area contributed by atoms with Gasteiger partial charge in [-0.1, -0.05) is 32.4 Å². The van der Waals surface area contributed by atoms with Gasteiger partial charge in [-0.3, -0.25) is 4.79 Å². The van der Waals surface area contributed by atoms with E-state index in [4.69, 9.17) is 9.97 Å². The number of amides is 1. The minimum Gasteiger partial charge on any atom is -0.352 e. The van der Waals surface area contributed by atoms with E-state index in [0.717, 1.165) is 35.7 Å². The lowest BCUT2D eigenvalue weighted by Crippen LogP contribution is -2.49. The van der Waals surface area contributed by atoms with Crippen LogP contribution in [-0.4, -0.2) is 47.0 Å². The maximum absolute atomic E-state index is 14.1. The van der Waals surface area contributed by atoms with Gasteiger partial charge in [0.25, 0.3) is 5.91 Å². The van der Waals surface area contributed by atoms with Gasteiger partial charge in [0.15, 0.2) is 0 Å². The molecular formula is C26H31FN4OS. The highest BCUT2D eigenvalue weighted by atomic mass is 32.1. The summed E-state index contributed by atoms with van der Waals surface area (Å²) in [5, 5.41) is 1.23. The predicted molar refractivity (Wildman–Crippen MR) is 132 cm³/mol. The minimum atomic E-state index is -0.457. The molecule has 1 saturated heterocycles. The summed E-state index contributed by atoms with van der Waals surface area (Å²) in [5.74, 6) is 1.57. The Kier molecular flexibility index (Phi) is 6.32. The summed E-state index contributed by atoms with van der Waals surface area (Å²) in [5.41, 5.74) is 1.60. The second kappa shape index (κ2) is 9.37. The lowest BCUT2D eigenvalue weighted by atomic mass is 10.1. The number of benzene rings is 1. The second-order valence-electron chi connectivity index (χ2n) is 9.22. The van der Waals surface area contributed by atoms with Crippen molar-refractivity contribution < 1.29 is 9.18 Å². The molecule has 3 aromatic rings. The van der Waals surface area contributed by atoms with Crippen LogP contribution in [0, 0.1) is 5.82 Å². The fourth-order valence-corrected chi connectivity index (χ4v) is 6.15. The van der Waals surface area contributed by atoms with E-state index in [1.807, 2.05) is 11.3 Å². The Morgan fingerprint density at radius 1 is 1.09 bits per heavy atom. The molecule has 7 heteroatoms. The third kappa shape index (κ3) is 4.23. The summed E-state index contributed by atoms with van der Waals surface area (Å²) < 4.78 is 14.1. The van der Waals surface area contributed by atoms with Crippen LogP contribution in [0.1, 0.15) is 72.1 Å². The first kappa shape index (κ1) is 22.3. The number of hydrogen-bond donors (Lipinski definition) is 0. The van der Waals surface area contributed by atoms with Crippen molar-refractivity contribution >= 4 is 33.3 Å². The van der Waals surface area contributed by atoms with E-state index in [9.17, 15) is 9.18 Å². The molecule has 2 aromatic heterocycles. The lowest BCUT2D eigenvalue weighted by Gasteiger charge is -2.36. The third-order valence-electron chi connectivity index (χ3n) is 7.09. The second-order valence-corrected chi connectivity index (χ2v) is 10.3. The van der Waals surface area contributed by atoms with E-state index in [1.54, 1.807) is 23.1 Å². The van der Waals surface area contributed by atoms with E-state index < -0.39 is 5.82 Å². The molecule has 0 radical (unpaired) electrons. The monoisotopic (exact) mass is 466 g/mol. The molecule has 5 nitrogen and oxygen atoms in total. The number of rotatable bonds is 4. The Bertz CT molecular complexity index is 1170. The Labute approximate surface area is 198 Å². The van der Waals surface area contributed by atoms with Crippen molar-refractivity contribution in [2.24, 2.45) is 0 Å². The molecule has 0 bridgehead atoms. The molecule has 1 aromatic carbocycles. The molecule has 0 unspecified atom stereocenters. The normalized spacial score (nSPS) is 17.7. The van der Waals surface area contributed by atoms with Gasteiger partial charge in [-0.2, -0.15) is 0 Å². The van der Waals surface area contributed by atoms with E-state index in [2.05, 4.69) is 18.7 Å². The number of anilines is 1. The molecule has 1 aliphatic carbocycles. The van der Waals surface area contributed by atoms with Gasteiger partial charge in [0, 0.05) is 37.0 Å². The Balaban J connectivity index is 1.46. The van der Waals surface area contributed by atoms with Gasteiger partial charge in [0.2, 0.25) is 0 Å². The van der Waals surface area contributed by atoms with E-state index >= 15 is 0 Å². The molecule has 3 heterocycles. The fraction of sp³-hybridized carbons (Fsp3) is 0.500. The van der Waals surface area contributed by atoms with Crippen molar-refractivity contribution in [1.29, 1.82) is 0 Å². The van der Waals surface area contributed by atoms with Crippen LogP contribution in [0.2, 0.25) is 0 Å². The highest BCUT2D eigenvalue weighted by Gasteiger charge is 2.28. The van der Waals surface area contributed by atoms with Gasteiger partial charge < -0.3 is 9.80 Å². The van der Waals surface area contributed by atoms with E-state index in [0.29, 0.717) is 32.1 Å². The van der Waals surface area contributed by atoms with Crippen LogP contribution in [0.4, 0.5) is 10.2 Å². The highest BCUT2D eigenvalue weighted by molar-refractivity contribution is 7.19. The van der Waals surface area contributed by atoms with Gasteiger partial charge in [0.05, 0.1) is 10.9 Å². The van der Waals surface area contributed by atoms with Crippen LogP contribution < -0.4 is 4.90 Å². The number of carbonyl (C=O) groups is 1. The standard InChI is InChI=1S/C26H31FN4OS/c1-3-17(2)23-28-24(22-19-10-5-4-6-12-21(19)33-25(22)29-23)30-13-15-31(16-14-30)26(32)18-9-7-8-11-20(18)27/h7-9,11,17H,3-6,10,12-16H2,1-2H3/t17-/m0/s1. The predicted octanol–water partition coefficient (Wildman–Crippen LogP) is 5.58. The average Bonchev–Trinajstić information content (AvgIpc) is 3.03. The average molecular weight is 467 g/mol. The lowest BCUT2D eigenvalue weighted by molar-refractivity contribution is 0.0742. The highest BCUT2D eigenvalue weighted by Crippen LogP contribution is 2.40. The number of piperazine rings is 1. The van der Waals surface area contributed by atoms with Gasteiger partial charge in [-0.05, 0) is 49.8 Å². The van der Waals surface area contributed by atoms with Crippen molar-refractivity contribution in [3.63, 3.8) is 0 Å². The quantitative estimate of drug-likeness (QED) is 0.471. The van der Waals surface area contributed by atoms with Crippen LogP contribution >= 0.6 is 11.3 Å². The SMILES string of the molecule is CC[C@H](C)c1nc(N2CCN(C(=O)c3ccccc3F)CC2)c2c3c(sc2n1)CCCCC3.